The lowest BCUT2D eigenvalue weighted by atomic mass is 9.89. The van der Waals surface area contributed by atoms with Gasteiger partial charge >= 0.3 is 0 Å². The minimum atomic E-state index is -0.922. The molecule has 0 bridgehead atoms. The van der Waals surface area contributed by atoms with Gasteiger partial charge in [-0.05, 0) is 76.1 Å². The lowest BCUT2D eigenvalue weighted by molar-refractivity contribution is -0.924. The van der Waals surface area contributed by atoms with Crippen molar-refractivity contribution in [2.45, 2.75) is 84.3 Å². The Morgan fingerprint density at radius 3 is 2.51 bits per heavy atom. The maximum atomic E-state index is 12.0. The first kappa shape index (κ1) is 25.9. The number of quaternary nitrogens is 1. The standard InChI is InChI=1S/C29H43N3O3/c1-5-6-8-23-19-24-9-7-14-30-27(24)26(20-23)35-25-10-15-31(16-11-25)21-22-12-17-32(18-13-22,28(33)34)29(2,3)4/h7,9,14,19-20,22,25H,5-6,8,10-13,15-18,21H2,1-4H3. The van der Waals surface area contributed by atoms with Gasteiger partial charge in [0.1, 0.15) is 17.4 Å². The first-order valence-electron chi connectivity index (χ1n) is 13.6. The summed E-state index contributed by atoms with van der Waals surface area (Å²) < 4.78 is 6.64. The number of likely N-dealkylation sites (tertiary alicyclic amines) is 2. The molecule has 0 radical (unpaired) electrons. The monoisotopic (exact) mass is 481 g/mol. The summed E-state index contributed by atoms with van der Waals surface area (Å²) in [7, 11) is 0. The van der Waals surface area contributed by atoms with Gasteiger partial charge in [-0.15, -0.1) is 0 Å². The Morgan fingerprint density at radius 2 is 1.89 bits per heavy atom. The Labute approximate surface area is 210 Å². The molecule has 4 rings (SSSR count). The van der Waals surface area contributed by atoms with Crippen molar-refractivity contribution < 1.29 is 19.1 Å². The predicted molar refractivity (Wildman–Crippen MR) is 138 cm³/mol. The van der Waals surface area contributed by atoms with Gasteiger partial charge in [-0.1, -0.05) is 19.4 Å². The van der Waals surface area contributed by atoms with Crippen LogP contribution in [-0.4, -0.2) is 64.8 Å². The molecule has 6 heteroatoms. The van der Waals surface area contributed by atoms with Crippen molar-refractivity contribution in [1.29, 1.82) is 0 Å². The summed E-state index contributed by atoms with van der Waals surface area (Å²) >= 11 is 0. The maximum Gasteiger partial charge on any atom is 0.257 e. The quantitative estimate of drug-likeness (QED) is 0.532. The third-order valence-corrected chi connectivity index (χ3v) is 8.37. The summed E-state index contributed by atoms with van der Waals surface area (Å²) in [5.74, 6) is 1.49. The zero-order valence-corrected chi connectivity index (χ0v) is 22.1. The smallest absolute Gasteiger partial charge is 0.257 e. The number of amides is 1. The number of hydrogen-bond acceptors (Lipinski definition) is 5. The highest BCUT2D eigenvalue weighted by Crippen LogP contribution is 2.34. The summed E-state index contributed by atoms with van der Waals surface area (Å²) in [6.45, 7) is 12.7. The van der Waals surface area contributed by atoms with E-state index in [0.29, 0.717) is 19.0 Å². The van der Waals surface area contributed by atoms with Crippen LogP contribution in [0.15, 0.2) is 30.5 Å². The molecule has 35 heavy (non-hydrogen) atoms. The topological polar surface area (TPSA) is 65.5 Å². The molecule has 0 saturated carbocycles. The molecule has 0 N–H and O–H groups in total. The van der Waals surface area contributed by atoms with Crippen molar-refractivity contribution in [3.05, 3.63) is 36.0 Å². The lowest BCUT2D eigenvalue weighted by Gasteiger charge is -2.51. The van der Waals surface area contributed by atoms with Gasteiger partial charge < -0.3 is 19.5 Å². The van der Waals surface area contributed by atoms with E-state index in [0.717, 1.165) is 68.4 Å². The van der Waals surface area contributed by atoms with Gasteiger partial charge in [0.15, 0.2) is 0 Å². The number of aryl methyl sites for hydroxylation is 1. The van der Waals surface area contributed by atoms with Gasteiger partial charge in [-0.25, -0.2) is 0 Å². The van der Waals surface area contributed by atoms with Crippen LogP contribution < -0.4 is 9.84 Å². The first-order chi connectivity index (χ1) is 16.7. The summed E-state index contributed by atoms with van der Waals surface area (Å²) in [5.41, 5.74) is 1.97. The van der Waals surface area contributed by atoms with E-state index in [-0.39, 0.29) is 16.1 Å². The number of piperidine rings is 2. The third kappa shape index (κ3) is 5.80. The summed E-state index contributed by atoms with van der Waals surface area (Å²) in [6, 6.07) is 8.59. The van der Waals surface area contributed by atoms with Crippen LogP contribution in [0.5, 0.6) is 5.75 Å². The largest absolute Gasteiger partial charge is 0.498 e. The first-order valence-corrected chi connectivity index (χ1v) is 13.6. The van der Waals surface area contributed by atoms with Crippen molar-refractivity contribution in [3.63, 3.8) is 0 Å². The zero-order chi connectivity index (χ0) is 25.1. The van der Waals surface area contributed by atoms with E-state index in [2.05, 4.69) is 35.0 Å². The molecule has 2 aromatic rings. The molecule has 0 aliphatic carbocycles. The molecule has 2 aliphatic rings. The molecule has 1 aromatic carbocycles. The number of rotatable bonds is 7. The van der Waals surface area contributed by atoms with Crippen LogP contribution in [0.3, 0.4) is 0 Å². The van der Waals surface area contributed by atoms with Crippen LogP contribution in [0, 0.1) is 5.92 Å². The number of carbonyl (C=O) groups excluding carboxylic acids is 1. The molecule has 2 fully saturated rings. The summed E-state index contributed by atoms with van der Waals surface area (Å²) in [5, 5.41) is 13.2. The maximum absolute atomic E-state index is 12.0. The van der Waals surface area contributed by atoms with Gasteiger partial charge in [-0.2, -0.15) is 0 Å². The Kier molecular flexibility index (Phi) is 8.02. The van der Waals surface area contributed by atoms with Gasteiger partial charge in [0.25, 0.3) is 6.09 Å². The molecule has 0 unspecified atom stereocenters. The summed E-state index contributed by atoms with van der Waals surface area (Å²) in [6.07, 6.45) is 8.51. The van der Waals surface area contributed by atoms with E-state index >= 15 is 0 Å². The van der Waals surface area contributed by atoms with Crippen LogP contribution in [-0.2, 0) is 6.42 Å². The fraction of sp³-hybridized carbons (Fsp3) is 0.655. The number of benzene rings is 1. The van der Waals surface area contributed by atoms with Crippen molar-refractivity contribution in [1.82, 2.24) is 9.88 Å². The van der Waals surface area contributed by atoms with Crippen molar-refractivity contribution >= 4 is 17.0 Å². The fourth-order valence-corrected chi connectivity index (χ4v) is 5.96. The lowest BCUT2D eigenvalue weighted by Crippen LogP contribution is -2.70. The molecule has 0 atom stereocenters. The van der Waals surface area contributed by atoms with E-state index < -0.39 is 6.09 Å². The Balaban J connectivity index is 1.32. The number of ether oxygens (including phenoxy) is 1. The Morgan fingerprint density at radius 1 is 1.17 bits per heavy atom. The minimum Gasteiger partial charge on any atom is -0.498 e. The van der Waals surface area contributed by atoms with E-state index in [1.54, 1.807) is 0 Å². The van der Waals surface area contributed by atoms with E-state index in [9.17, 15) is 9.90 Å². The average molecular weight is 482 g/mol. The predicted octanol–water partition coefficient (Wildman–Crippen LogP) is 4.79. The zero-order valence-electron chi connectivity index (χ0n) is 22.1. The SMILES string of the molecule is CCCCc1cc(OC2CCN(CC3CC[N+](C(=O)[O-])(C(C)(C)C)CC3)CC2)c2ncccc2c1. The van der Waals surface area contributed by atoms with E-state index in [1.807, 2.05) is 33.0 Å². The molecule has 2 aliphatic heterocycles. The second kappa shape index (κ2) is 10.8. The number of nitrogens with zero attached hydrogens (tertiary/aromatic N) is 3. The second-order valence-corrected chi connectivity index (χ2v) is 11.7. The van der Waals surface area contributed by atoms with Gasteiger partial charge in [-0.3, -0.25) is 9.47 Å². The molecule has 1 amide bonds. The summed E-state index contributed by atoms with van der Waals surface area (Å²) in [4.78, 5) is 19.2. The molecule has 3 heterocycles. The van der Waals surface area contributed by atoms with Gasteiger partial charge in [0, 0.05) is 44.1 Å². The number of pyridine rings is 1. The number of carbonyl (C=O) groups is 1. The van der Waals surface area contributed by atoms with Crippen LogP contribution >= 0.6 is 0 Å². The number of carboxylic acid groups (broad SMARTS) is 1. The normalized spacial score (nSPS) is 24.5. The number of fused-ring (bicyclic) bond motifs is 1. The van der Waals surface area contributed by atoms with E-state index in [1.165, 1.54) is 18.4 Å². The Hall–Kier alpha value is -2.18. The van der Waals surface area contributed by atoms with Crippen LogP contribution in [0.25, 0.3) is 10.9 Å². The Bertz CT molecular complexity index is 1000. The fourth-order valence-electron chi connectivity index (χ4n) is 5.96. The van der Waals surface area contributed by atoms with Crippen LogP contribution in [0.2, 0.25) is 0 Å². The molecule has 1 aromatic heterocycles. The molecule has 6 nitrogen and oxygen atoms in total. The van der Waals surface area contributed by atoms with Crippen LogP contribution in [0.1, 0.15) is 71.8 Å². The van der Waals surface area contributed by atoms with Crippen molar-refractivity contribution in [2.24, 2.45) is 5.92 Å². The van der Waals surface area contributed by atoms with E-state index in [4.69, 9.17) is 4.74 Å². The second-order valence-electron chi connectivity index (χ2n) is 11.7. The molecular weight excluding hydrogens is 438 g/mol. The number of aromatic nitrogens is 1. The highest BCUT2D eigenvalue weighted by molar-refractivity contribution is 5.85. The van der Waals surface area contributed by atoms with Gasteiger partial charge in [0.05, 0.1) is 18.6 Å². The van der Waals surface area contributed by atoms with Crippen LogP contribution in [0.4, 0.5) is 4.79 Å². The van der Waals surface area contributed by atoms with Crippen molar-refractivity contribution in [3.8, 4) is 5.75 Å². The molecule has 192 valence electrons. The average Bonchev–Trinajstić information content (AvgIpc) is 2.83. The molecule has 2 saturated heterocycles. The minimum absolute atomic E-state index is 0.0821. The third-order valence-electron chi connectivity index (χ3n) is 8.37. The van der Waals surface area contributed by atoms with Gasteiger partial charge in [0.2, 0.25) is 0 Å². The highest BCUT2D eigenvalue weighted by Gasteiger charge is 2.45. The number of hydrogen-bond donors (Lipinski definition) is 0. The molecular formula is C29H43N3O3. The molecule has 0 spiro atoms. The highest BCUT2D eigenvalue weighted by atomic mass is 16.5. The number of unbranched alkanes of at least 4 members (excludes halogenated alkanes) is 1. The van der Waals surface area contributed by atoms with Crippen molar-refractivity contribution in [2.75, 3.05) is 32.7 Å².